The highest BCUT2D eigenvalue weighted by Crippen LogP contribution is 2.37. The molecule has 0 aliphatic carbocycles. The molecule has 0 saturated carbocycles. The van der Waals surface area contributed by atoms with Gasteiger partial charge in [0.1, 0.15) is 6.10 Å². The second-order valence-electron chi connectivity index (χ2n) is 4.60. The summed E-state index contributed by atoms with van der Waals surface area (Å²) in [6.07, 6.45) is 2.03. The summed E-state index contributed by atoms with van der Waals surface area (Å²) in [4.78, 5) is 0. The summed E-state index contributed by atoms with van der Waals surface area (Å²) in [5.41, 5.74) is 1.36. The van der Waals surface area contributed by atoms with Gasteiger partial charge in [0.15, 0.2) is 0 Å². The summed E-state index contributed by atoms with van der Waals surface area (Å²) in [5.74, 6) is 0. The van der Waals surface area contributed by atoms with Crippen molar-refractivity contribution in [3.8, 4) is 0 Å². The fraction of sp³-hybridized carbons (Fsp3) is 0.700. The highest BCUT2D eigenvalue weighted by atomic mass is 16.5. The van der Waals surface area contributed by atoms with Gasteiger partial charge in [-0.3, -0.25) is 4.68 Å². The average molecular weight is 180 g/mol. The maximum atomic E-state index is 5.77. The number of fused-ring (bicyclic) bond motifs is 1. The van der Waals surface area contributed by atoms with Crippen LogP contribution in [0.2, 0.25) is 0 Å². The van der Waals surface area contributed by atoms with Gasteiger partial charge in [0.05, 0.1) is 18.8 Å². The van der Waals surface area contributed by atoms with Crippen LogP contribution in [-0.2, 0) is 11.3 Å². The van der Waals surface area contributed by atoms with Crippen LogP contribution in [-0.4, -0.2) is 16.4 Å². The van der Waals surface area contributed by atoms with Crippen LogP contribution < -0.4 is 0 Å². The van der Waals surface area contributed by atoms with Crippen molar-refractivity contribution in [3.63, 3.8) is 0 Å². The molecule has 1 atom stereocenters. The maximum absolute atomic E-state index is 5.77. The molecule has 0 fully saturated rings. The van der Waals surface area contributed by atoms with Crippen molar-refractivity contribution in [2.24, 2.45) is 5.41 Å². The minimum absolute atomic E-state index is 0.151. The first-order valence-electron chi connectivity index (χ1n) is 4.72. The second kappa shape index (κ2) is 2.84. The van der Waals surface area contributed by atoms with Crippen LogP contribution in [0.4, 0.5) is 0 Å². The van der Waals surface area contributed by atoms with E-state index in [4.69, 9.17) is 4.74 Å². The molecule has 3 nitrogen and oxygen atoms in total. The van der Waals surface area contributed by atoms with Crippen LogP contribution in [0, 0.1) is 5.41 Å². The molecule has 72 valence electrons. The van der Waals surface area contributed by atoms with E-state index in [1.165, 1.54) is 5.69 Å². The minimum atomic E-state index is 0.151. The molecule has 1 aromatic heterocycles. The van der Waals surface area contributed by atoms with Crippen molar-refractivity contribution in [1.29, 1.82) is 0 Å². The molecule has 13 heavy (non-hydrogen) atoms. The Labute approximate surface area is 78.7 Å². The Morgan fingerprint density at radius 1 is 1.54 bits per heavy atom. The molecule has 1 unspecified atom stereocenters. The first kappa shape index (κ1) is 8.75. The lowest BCUT2D eigenvalue weighted by Crippen LogP contribution is -2.30. The Balaban J connectivity index is 2.35. The van der Waals surface area contributed by atoms with E-state index in [1.807, 2.05) is 10.9 Å². The summed E-state index contributed by atoms with van der Waals surface area (Å²) in [7, 11) is 0. The molecule has 0 aromatic carbocycles. The monoisotopic (exact) mass is 180 g/mol. The first-order chi connectivity index (χ1) is 6.09. The highest BCUT2D eigenvalue weighted by molar-refractivity contribution is 5.09. The Hall–Kier alpha value is -0.830. The van der Waals surface area contributed by atoms with Crippen molar-refractivity contribution >= 4 is 0 Å². The van der Waals surface area contributed by atoms with E-state index < -0.39 is 0 Å². The zero-order valence-electron chi connectivity index (χ0n) is 8.45. The largest absolute Gasteiger partial charge is 0.369 e. The summed E-state index contributed by atoms with van der Waals surface area (Å²) in [6.45, 7) is 8.24. The van der Waals surface area contributed by atoms with Gasteiger partial charge < -0.3 is 4.74 Å². The van der Waals surface area contributed by atoms with Gasteiger partial charge in [-0.2, -0.15) is 5.10 Å². The molecule has 2 rings (SSSR count). The fourth-order valence-corrected chi connectivity index (χ4v) is 1.79. The van der Waals surface area contributed by atoms with Gasteiger partial charge in [-0.1, -0.05) is 20.8 Å². The number of nitrogens with zero attached hydrogens (tertiary/aromatic N) is 2. The zero-order valence-corrected chi connectivity index (χ0v) is 8.45. The molecule has 1 aliphatic rings. The standard InChI is InChI=1S/C10H16N2O/c1-10(2,3)9-8-4-5-11-12(8)6-7-13-9/h4-5,9H,6-7H2,1-3H3. The fourth-order valence-electron chi connectivity index (χ4n) is 1.79. The zero-order chi connectivity index (χ0) is 9.47. The van der Waals surface area contributed by atoms with E-state index in [1.54, 1.807) is 0 Å². The summed E-state index contributed by atoms with van der Waals surface area (Å²) >= 11 is 0. The summed E-state index contributed by atoms with van der Waals surface area (Å²) in [6, 6.07) is 2.05. The summed E-state index contributed by atoms with van der Waals surface area (Å²) < 4.78 is 7.81. The predicted molar refractivity (Wildman–Crippen MR) is 50.4 cm³/mol. The van der Waals surface area contributed by atoms with Gasteiger partial charge in [-0.15, -0.1) is 0 Å². The number of hydrogen-bond donors (Lipinski definition) is 0. The van der Waals surface area contributed by atoms with E-state index >= 15 is 0 Å². The molecule has 0 amide bonds. The topological polar surface area (TPSA) is 27.1 Å². The van der Waals surface area contributed by atoms with Crippen LogP contribution in [0.5, 0.6) is 0 Å². The van der Waals surface area contributed by atoms with E-state index in [-0.39, 0.29) is 11.5 Å². The van der Waals surface area contributed by atoms with Crippen molar-refractivity contribution < 1.29 is 4.74 Å². The molecule has 0 radical (unpaired) electrons. The Bertz CT molecular complexity index is 298. The van der Waals surface area contributed by atoms with Gasteiger partial charge in [0.2, 0.25) is 0 Å². The van der Waals surface area contributed by atoms with Gasteiger partial charge in [-0.05, 0) is 11.5 Å². The molecule has 3 heteroatoms. The van der Waals surface area contributed by atoms with Crippen LogP contribution in [0.3, 0.4) is 0 Å². The maximum Gasteiger partial charge on any atom is 0.104 e. The third kappa shape index (κ3) is 1.48. The van der Waals surface area contributed by atoms with Crippen molar-refractivity contribution in [1.82, 2.24) is 9.78 Å². The van der Waals surface area contributed by atoms with Crippen LogP contribution >= 0.6 is 0 Å². The van der Waals surface area contributed by atoms with Crippen LogP contribution in [0.1, 0.15) is 32.6 Å². The summed E-state index contributed by atoms with van der Waals surface area (Å²) in [5, 5.41) is 4.26. The van der Waals surface area contributed by atoms with Crippen LogP contribution in [0.15, 0.2) is 12.3 Å². The molecule has 0 N–H and O–H groups in total. The van der Waals surface area contributed by atoms with Crippen molar-refractivity contribution in [2.45, 2.75) is 33.4 Å². The molecular formula is C10H16N2O. The first-order valence-corrected chi connectivity index (χ1v) is 4.72. The van der Waals surface area contributed by atoms with E-state index in [2.05, 4.69) is 31.9 Å². The van der Waals surface area contributed by atoms with Crippen molar-refractivity contribution in [3.05, 3.63) is 18.0 Å². The molecule has 1 aliphatic heterocycles. The van der Waals surface area contributed by atoms with Gasteiger partial charge in [0, 0.05) is 6.20 Å². The molecule has 0 saturated heterocycles. The van der Waals surface area contributed by atoms with E-state index in [0.29, 0.717) is 0 Å². The van der Waals surface area contributed by atoms with E-state index in [9.17, 15) is 0 Å². The normalized spacial score (nSPS) is 22.8. The molecular weight excluding hydrogens is 164 g/mol. The van der Waals surface area contributed by atoms with Crippen LogP contribution in [0.25, 0.3) is 0 Å². The average Bonchev–Trinajstić information content (AvgIpc) is 2.48. The molecule has 0 spiro atoms. The highest BCUT2D eigenvalue weighted by Gasteiger charge is 2.32. The van der Waals surface area contributed by atoms with E-state index in [0.717, 1.165) is 13.2 Å². The van der Waals surface area contributed by atoms with Crippen molar-refractivity contribution in [2.75, 3.05) is 6.61 Å². The lowest BCUT2D eigenvalue weighted by Gasteiger charge is -2.34. The number of aromatic nitrogens is 2. The third-order valence-electron chi connectivity index (χ3n) is 2.39. The number of hydrogen-bond acceptors (Lipinski definition) is 2. The van der Waals surface area contributed by atoms with Gasteiger partial charge in [0.25, 0.3) is 0 Å². The van der Waals surface area contributed by atoms with Gasteiger partial charge >= 0.3 is 0 Å². The SMILES string of the molecule is CC(C)(C)C1OCCn2nccc21. The Morgan fingerprint density at radius 2 is 2.31 bits per heavy atom. The second-order valence-corrected chi connectivity index (χ2v) is 4.60. The number of ether oxygens (including phenoxy) is 1. The Morgan fingerprint density at radius 3 is 3.00 bits per heavy atom. The minimum Gasteiger partial charge on any atom is -0.369 e. The molecule has 0 bridgehead atoms. The lowest BCUT2D eigenvalue weighted by molar-refractivity contribution is -0.0479. The third-order valence-corrected chi connectivity index (χ3v) is 2.39. The van der Waals surface area contributed by atoms with Gasteiger partial charge in [-0.25, -0.2) is 0 Å². The molecule has 1 aromatic rings. The Kier molecular flexibility index (Phi) is 1.91. The number of rotatable bonds is 0. The predicted octanol–water partition coefficient (Wildman–Crippen LogP) is 2.00. The smallest absolute Gasteiger partial charge is 0.104 e. The lowest BCUT2D eigenvalue weighted by atomic mass is 9.86. The molecule has 2 heterocycles. The quantitative estimate of drug-likeness (QED) is 0.610.